The van der Waals surface area contributed by atoms with Crippen molar-refractivity contribution in [1.29, 1.82) is 0 Å². The van der Waals surface area contributed by atoms with E-state index in [1.54, 1.807) is 0 Å². The minimum Gasteiger partial charge on any atom is -0.385 e. The van der Waals surface area contributed by atoms with E-state index in [0.717, 1.165) is 15.7 Å². The lowest BCUT2D eigenvalue weighted by atomic mass is 10.1. The van der Waals surface area contributed by atoms with Gasteiger partial charge < -0.3 is 10.6 Å². The maximum atomic E-state index is 11.8. The molecule has 0 unspecified atom stereocenters. The van der Waals surface area contributed by atoms with E-state index in [1.807, 2.05) is 36.4 Å². The van der Waals surface area contributed by atoms with Gasteiger partial charge in [0, 0.05) is 29.7 Å². The molecule has 0 aliphatic rings. The summed E-state index contributed by atoms with van der Waals surface area (Å²) in [6, 6.07) is 16.1. The minimum atomic E-state index is 0.0557. The van der Waals surface area contributed by atoms with Crippen molar-refractivity contribution in [3.05, 3.63) is 64.1 Å². The number of hydrogen-bond acceptors (Lipinski definition) is 2. The first kappa shape index (κ1) is 15.6. The highest BCUT2D eigenvalue weighted by molar-refractivity contribution is 9.10. The number of aryl methyl sites for hydroxylation is 1. The molecule has 0 atom stereocenters. The lowest BCUT2D eigenvalue weighted by molar-refractivity contribution is -0.121. The van der Waals surface area contributed by atoms with Crippen molar-refractivity contribution in [3.63, 3.8) is 0 Å². The second kappa shape index (κ2) is 7.84. The van der Waals surface area contributed by atoms with Crippen molar-refractivity contribution in [3.8, 4) is 0 Å². The molecule has 110 valence electrons. The third kappa shape index (κ3) is 5.60. The molecule has 0 saturated carbocycles. The van der Waals surface area contributed by atoms with Gasteiger partial charge in [-0.25, -0.2) is 0 Å². The lowest BCUT2D eigenvalue weighted by Gasteiger charge is -2.08. The van der Waals surface area contributed by atoms with Gasteiger partial charge in [-0.15, -0.1) is 0 Å². The Morgan fingerprint density at radius 3 is 2.38 bits per heavy atom. The first-order chi connectivity index (χ1) is 10.1. The SMILES string of the molecule is Cc1ccc(CNC(=O)CCNc2ccc(Br)cc2)cc1. The Hall–Kier alpha value is -1.81. The number of amides is 1. The molecule has 0 fully saturated rings. The molecule has 0 aliphatic carbocycles. The van der Waals surface area contributed by atoms with Crippen LogP contribution in [0.4, 0.5) is 5.69 Å². The molecule has 0 radical (unpaired) electrons. The molecule has 0 spiro atoms. The van der Waals surface area contributed by atoms with Gasteiger partial charge in [-0.05, 0) is 36.8 Å². The zero-order chi connectivity index (χ0) is 15.1. The number of rotatable bonds is 6. The molecule has 2 N–H and O–H groups in total. The van der Waals surface area contributed by atoms with Gasteiger partial charge in [-0.2, -0.15) is 0 Å². The molecule has 0 aromatic heterocycles. The molecule has 0 bridgehead atoms. The number of carbonyl (C=O) groups excluding carboxylic acids is 1. The van der Waals surface area contributed by atoms with E-state index < -0.39 is 0 Å². The Labute approximate surface area is 133 Å². The van der Waals surface area contributed by atoms with E-state index in [0.29, 0.717) is 19.5 Å². The number of halogens is 1. The number of carbonyl (C=O) groups is 1. The average Bonchev–Trinajstić information content (AvgIpc) is 2.49. The van der Waals surface area contributed by atoms with Gasteiger partial charge in [0.15, 0.2) is 0 Å². The molecule has 4 heteroatoms. The quantitative estimate of drug-likeness (QED) is 0.833. The predicted octanol–water partition coefficient (Wildman–Crippen LogP) is 3.88. The smallest absolute Gasteiger partial charge is 0.222 e. The second-order valence-corrected chi connectivity index (χ2v) is 5.86. The summed E-state index contributed by atoms with van der Waals surface area (Å²) >= 11 is 3.39. The first-order valence-corrected chi connectivity index (χ1v) is 7.74. The normalized spacial score (nSPS) is 10.2. The van der Waals surface area contributed by atoms with Gasteiger partial charge in [-0.1, -0.05) is 45.8 Å². The summed E-state index contributed by atoms with van der Waals surface area (Å²) in [5.41, 5.74) is 3.36. The van der Waals surface area contributed by atoms with Crippen LogP contribution in [0, 0.1) is 6.92 Å². The summed E-state index contributed by atoms with van der Waals surface area (Å²) in [5, 5.41) is 6.15. The standard InChI is InChI=1S/C17H19BrN2O/c1-13-2-4-14(5-3-13)12-20-17(21)10-11-19-16-8-6-15(18)7-9-16/h2-9,19H,10-12H2,1H3,(H,20,21). The minimum absolute atomic E-state index is 0.0557. The highest BCUT2D eigenvalue weighted by Crippen LogP contribution is 2.13. The van der Waals surface area contributed by atoms with Gasteiger partial charge in [0.05, 0.1) is 0 Å². The summed E-state index contributed by atoms with van der Waals surface area (Å²) in [5.74, 6) is 0.0557. The van der Waals surface area contributed by atoms with Crippen molar-refractivity contribution in [2.45, 2.75) is 19.9 Å². The Morgan fingerprint density at radius 2 is 1.71 bits per heavy atom. The van der Waals surface area contributed by atoms with Crippen LogP contribution >= 0.6 is 15.9 Å². The lowest BCUT2D eigenvalue weighted by Crippen LogP contribution is -2.24. The van der Waals surface area contributed by atoms with Gasteiger partial charge >= 0.3 is 0 Å². The van der Waals surface area contributed by atoms with Crippen molar-refractivity contribution in [1.82, 2.24) is 5.32 Å². The molecule has 0 aliphatic heterocycles. The van der Waals surface area contributed by atoms with Crippen LogP contribution in [0.3, 0.4) is 0 Å². The monoisotopic (exact) mass is 346 g/mol. The third-order valence-electron chi connectivity index (χ3n) is 3.14. The molecule has 2 rings (SSSR count). The average molecular weight is 347 g/mol. The van der Waals surface area contributed by atoms with Gasteiger partial charge in [0.25, 0.3) is 0 Å². The van der Waals surface area contributed by atoms with E-state index in [2.05, 4.69) is 45.6 Å². The van der Waals surface area contributed by atoms with Crippen LogP contribution in [0.25, 0.3) is 0 Å². The summed E-state index contributed by atoms with van der Waals surface area (Å²) in [6.45, 7) is 3.26. The van der Waals surface area contributed by atoms with Gasteiger partial charge in [0.1, 0.15) is 0 Å². The number of anilines is 1. The Balaban J connectivity index is 1.67. The van der Waals surface area contributed by atoms with Gasteiger partial charge in [0.2, 0.25) is 5.91 Å². The summed E-state index contributed by atoms with van der Waals surface area (Å²) in [7, 11) is 0. The van der Waals surface area contributed by atoms with Crippen LogP contribution in [-0.2, 0) is 11.3 Å². The van der Waals surface area contributed by atoms with Crippen LogP contribution in [-0.4, -0.2) is 12.5 Å². The number of nitrogens with one attached hydrogen (secondary N) is 2. The van der Waals surface area contributed by atoms with Crippen molar-refractivity contribution in [2.24, 2.45) is 0 Å². The maximum absolute atomic E-state index is 11.8. The molecule has 3 nitrogen and oxygen atoms in total. The van der Waals surface area contributed by atoms with E-state index in [9.17, 15) is 4.79 Å². The molecule has 2 aromatic carbocycles. The maximum Gasteiger partial charge on any atom is 0.222 e. The van der Waals surface area contributed by atoms with Crippen LogP contribution in [0.2, 0.25) is 0 Å². The van der Waals surface area contributed by atoms with Crippen molar-refractivity contribution in [2.75, 3.05) is 11.9 Å². The third-order valence-corrected chi connectivity index (χ3v) is 3.66. The highest BCUT2D eigenvalue weighted by atomic mass is 79.9. The zero-order valence-corrected chi connectivity index (χ0v) is 13.6. The molecule has 21 heavy (non-hydrogen) atoms. The van der Waals surface area contributed by atoms with Crippen molar-refractivity contribution >= 4 is 27.5 Å². The Bertz CT molecular complexity index is 579. The number of benzene rings is 2. The van der Waals surface area contributed by atoms with Crippen molar-refractivity contribution < 1.29 is 4.79 Å². The second-order valence-electron chi connectivity index (χ2n) is 4.95. The van der Waals surface area contributed by atoms with Crippen LogP contribution in [0.5, 0.6) is 0 Å². The molecule has 1 amide bonds. The first-order valence-electron chi connectivity index (χ1n) is 6.95. The fourth-order valence-corrected chi connectivity index (χ4v) is 2.15. The van der Waals surface area contributed by atoms with E-state index in [4.69, 9.17) is 0 Å². The molecule has 0 saturated heterocycles. The topological polar surface area (TPSA) is 41.1 Å². The summed E-state index contributed by atoms with van der Waals surface area (Å²) in [4.78, 5) is 11.8. The predicted molar refractivity (Wildman–Crippen MR) is 90.3 cm³/mol. The summed E-state index contributed by atoms with van der Waals surface area (Å²) in [6.07, 6.45) is 0.460. The van der Waals surface area contributed by atoms with E-state index in [1.165, 1.54) is 5.56 Å². The molecule has 2 aromatic rings. The molecular formula is C17H19BrN2O. The van der Waals surface area contributed by atoms with Gasteiger partial charge in [-0.3, -0.25) is 4.79 Å². The highest BCUT2D eigenvalue weighted by Gasteiger charge is 2.01. The largest absolute Gasteiger partial charge is 0.385 e. The number of hydrogen-bond donors (Lipinski definition) is 2. The fourth-order valence-electron chi connectivity index (χ4n) is 1.88. The van der Waals surface area contributed by atoms with E-state index in [-0.39, 0.29) is 5.91 Å². The summed E-state index contributed by atoms with van der Waals surface area (Å²) < 4.78 is 1.05. The Kier molecular flexibility index (Phi) is 5.81. The van der Waals surface area contributed by atoms with Crippen LogP contribution in [0.1, 0.15) is 17.5 Å². The zero-order valence-electron chi connectivity index (χ0n) is 12.0. The van der Waals surface area contributed by atoms with E-state index >= 15 is 0 Å². The molecular weight excluding hydrogens is 328 g/mol. The van der Waals surface area contributed by atoms with Crippen LogP contribution in [0.15, 0.2) is 53.0 Å². The Morgan fingerprint density at radius 1 is 1.05 bits per heavy atom. The molecule has 0 heterocycles. The fraction of sp³-hybridized carbons (Fsp3) is 0.235. The van der Waals surface area contributed by atoms with Crippen LogP contribution < -0.4 is 10.6 Å².